The van der Waals surface area contributed by atoms with Crippen LogP contribution in [0.4, 0.5) is 15.8 Å². The molecule has 0 saturated carbocycles. The number of fused-ring (bicyclic) bond motifs is 1. The van der Waals surface area contributed by atoms with Gasteiger partial charge in [-0.1, -0.05) is 0 Å². The molecule has 0 saturated heterocycles. The number of rotatable bonds is 2. The number of hydrogen-bond acceptors (Lipinski definition) is 2. The lowest BCUT2D eigenvalue weighted by Gasteiger charge is -2.06. The molecule has 0 aliphatic rings. The summed E-state index contributed by atoms with van der Waals surface area (Å²) in [6.07, 6.45) is 0. The van der Waals surface area contributed by atoms with Gasteiger partial charge in [0.1, 0.15) is 11.5 Å². The number of aromatic nitrogens is 1. The number of H-pyrrole nitrogens is 1. The van der Waals surface area contributed by atoms with Crippen molar-refractivity contribution in [3.05, 3.63) is 58.4 Å². The highest BCUT2D eigenvalue weighted by atomic mass is 79.9. The van der Waals surface area contributed by atoms with Crippen molar-refractivity contribution in [2.75, 3.05) is 11.1 Å². The number of nitrogens with two attached hydrogens (primary N) is 1. The first-order chi connectivity index (χ1) is 10.0. The van der Waals surface area contributed by atoms with E-state index in [9.17, 15) is 9.18 Å². The molecule has 4 N–H and O–H groups in total. The minimum absolute atomic E-state index is 0.308. The summed E-state index contributed by atoms with van der Waals surface area (Å²) in [5.41, 5.74) is 8.08. The molecule has 0 aliphatic carbocycles. The predicted octanol–water partition coefficient (Wildman–Crippen LogP) is 3.90. The van der Waals surface area contributed by atoms with E-state index in [0.29, 0.717) is 21.5 Å². The quantitative estimate of drug-likeness (QED) is 0.615. The maximum Gasteiger partial charge on any atom is 0.272 e. The molecule has 0 radical (unpaired) electrons. The lowest BCUT2D eigenvalue weighted by Crippen LogP contribution is -2.12. The highest BCUT2D eigenvalue weighted by Gasteiger charge is 2.11. The smallest absolute Gasteiger partial charge is 0.272 e. The normalized spacial score (nSPS) is 10.8. The number of carbonyl (C=O) groups is 1. The zero-order chi connectivity index (χ0) is 15.0. The SMILES string of the molecule is Nc1ccc2[nH]c(C(=O)Nc3ccc(F)cc3Br)cc2c1. The average Bonchev–Trinajstić information content (AvgIpc) is 2.85. The largest absolute Gasteiger partial charge is 0.399 e. The fraction of sp³-hybridized carbons (Fsp3) is 0. The van der Waals surface area contributed by atoms with Gasteiger partial charge in [0.05, 0.1) is 5.69 Å². The molecule has 4 nitrogen and oxygen atoms in total. The number of carbonyl (C=O) groups excluding carboxylic acids is 1. The summed E-state index contributed by atoms with van der Waals surface area (Å²) >= 11 is 3.21. The second kappa shape index (κ2) is 5.21. The van der Waals surface area contributed by atoms with Crippen molar-refractivity contribution < 1.29 is 9.18 Å². The molecule has 0 fully saturated rings. The van der Waals surface area contributed by atoms with E-state index in [1.807, 2.05) is 6.07 Å². The van der Waals surface area contributed by atoms with Crippen LogP contribution in [-0.2, 0) is 0 Å². The van der Waals surface area contributed by atoms with E-state index >= 15 is 0 Å². The van der Waals surface area contributed by atoms with E-state index in [0.717, 1.165) is 10.9 Å². The second-order valence-corrected chi connectivity index (χ2v) is 5.46. The number of halogens is 2. The number of nitrogens with one attached hydrogen (secondary N) is 2. The summed E-state index contributed by atoms with van der Waals surface area (Å²) in [5, 5.41) is 3.57. The van der Waals surface area contributed by atoms with Crippen LogP contribution in [-0.4, -0.2) is 10.9 Å². The Hall–Kier alpha value is -2.34. The summed E-state index contributed by atoms with van der Waals surface area (Å²) in [6, 6.07) is 11.2. The molecule has 106 valence electrons. The Morgan fingerprint density at radius 1 is 1.19 bits per heavy atom. The summed E-state index contributed by atoms with van der Waals surface area (Å²) in [5.74, 6) is -0.682. The van der Waals surface area contributed by atoms with Gasteiger partial charge < -0.3 is 16.0 Å². The van der Waals surface area contributed by atoms with Gasteiger partial charge in [-0.25, -0.2) is 4.39 Å². The van der Waals surface area contributed by atoms with E-state index in [-0.39, 0.29) is 11.7 Å². The molecule has 3 aromatic rings. The third kappa shape index (κ3) is 2.75. The van der Waals surface area contributed by atoms with E-state index in [4.69, 9.17) is 5.73 Å². The van der Waals surface area contributed by atoms with Crippen LogP contribution in [0.25, 0.3) is 10.9 Å². The lowest BCUT2D eigenvalue weighted by atomic mass is 10.2. The maximum absolute atomic E-state index is 13.0. The molecule has 21 heavy (non-hydrogen) atoms. The van der Waals surface area contributed by atoms with Crippen LogP contribution in [0.15, 0.2) is 46.9 Å². The first kappa shape index (κ1) is 13.6. The molecule has 0 atom stereocenters. The molecule has 0 aliphatic heterocycles. The van der Waals surface area contributed by atoms with Gasteiger partial charge >= 0.3 is 0 Å². The molecular formula is C15H11BrFN3O. The van der Waals surface area contributed by atoms with Crippen molar-refractivity contribution in [1.82, 2.24) is 4.98 Å². The standard InChI is InChI=1S/C15H11BrFN3O/c16-11-7-9(17)1-3-13(11)20-15(21)14-6-8-5-10(18)2-4-12(8)19-14/h1-7,19H,18H2,(H,20,21). The van der Waals surface area contributed by atoms with Crippen LogP contribution in [0.1, 0.15) is 10.5 Å². The monoisotopic (exact) mass is 347 g/mol. The molecule has 6 heteroatoms. The molecule has 0 bridgehead atoms. The number of aromatic amines is 1. The van der Waals surface area contributed by atoms with Crippen molar-refractivity contribution >= 4 is 44.1 Å². The van der Waals surface area contributed by atoms with Crippen molar-refractivity contribution in [1.29, 1.82) is 0 Å². The average molecular weight is 348 g/mol. The van der Waals surface area contributed by atoms with Crippen LogP contribution in [0.3, 0.4) is 0 Å². The number of amides is 1. The fourth-order valence-corrected chi connectivity index (χ4v) is 2.50. The van der Waals surface area contributed by atoms with E-state index < -0.39 is 0 Å². The Bertz CT molecular complexity index is 844. The van der Waals surface area contributed by atoms with Crippen molar-refractivity contribution in [2.24, 2.45) is 0 Å². The maximum atomic E-state index is 13.0. The van der Waals surface area contributed by atoms with E-state index in [1.165, 1.54) is 18.2 Å². The molecule has 1 heterocycles. The van der Waals surface area contributed by atoms with Gasteiger partial charge in [-0.15, -0.1) is 0 Å². The van der Waals surface area contributed by atoms with Gasteiger partial charge in [-0.05, 0) is 58.4 Å². The van der Waals surface area contributed by atoms with Crippen LogP contribution in [0.2, 0.25) is 0 Å². The van der Waals surface area contributed by atoms with Crippen LogP contribution in [0, 0.1) is 5.82 Å². The third-order valence-corrected chi connectivity index (χ3v) is 3.72. The van der Waals surface area contributed by atoms with Crippen LogP contribution < -0.4 is 11.1 Å². The first-order valence-corrected chi connectivity index (χ1v) is 6.97. The fourth-order valence-electron chi connectivity index (χ4n) is 2.05. The van der Waals surface area contributed by atoms with Gasteiger partial charge in [-0.3, -0.25) is 4.79 Å². The number of anilines is 2. The zero-order valence-corrected chi connectivity index (χ0v) is 12.4. The molecule has 2 aromatic carbocycles. The van der Waals surface area contributed by atoms with Crippen molar-refractivity contribution in [3.8, 4) is 0 Å². The van der Waals surface area contributed by atoms with Gasteiger partial charge in [0.25, 0.3) is 5.91 Å². The third-order valence-electron chi connectivity index (χ3n) is 3.07. The van der Waals surface area contributed by atoms with Crippen LogP contribution >= 0.6 is 15.9 Å². The number of benzene rings is 2. The highest BCUT2D eigenvalue weighted by Crippen LogP contribution is 2.24. The lowest BCUT2D eigenvalue weighted by molar-refractivity contribution is 0.102. The minimum atomic E-state index is -0.374. The Labute approximate surface area is 128 Å². The molecule has 1 aromatic heterocycles. The second-order valence-electron chi connectivity index (χ2n) is 4.61. The Kier molecular flexibility index (Phi) is 3.39. The molecule has 1 amide bonds. The summed E-state index contributed by atoms with van der Waals surface area (Å²) in [7, 11) is 0. The van der Waals surface area contributed by atoms with Gasteiger partial charge in [0.2, 0.25) is 0 Å². The summed E-state index contributed by atoms with van der Waals surface area (Å²) in [6.45, 7) is 0. The van der Waals surface area contributed by atoms with E-state index in [2.05, 4.69) is 26.2 Å². The van der Waals surface area contributed by atoms with Crippen molar-refractivity contribution in [3.63, 3.8) is 0 Å². The van der Waals surface area contributed by atoms with Gasteiger partial charge in [0, 0.05) is 21.1 Å². The molecular weight excluding hydrogens is 337 g/mol. The Balaban J connectivity index is 1.89. The molecule has 0 unspecified atom stereocenters. The first-order valence-electron chi connectivity index (χ1n) is 6.17. The number of nitrogen functional groups attached to an aromatic ring is 1. The molecule has 3 rings (SSSR count). The molecule has 0 spiro atoms. The highest BCUT2D eigenvalue weighted by molar-refractivity contribution is 9.10. The Morgan fingerprint density at radius 3 is 2.76 bits per heavy atom. The topological polar surface area (TPSA) is 70.9 Å². The van der Waals surface area contributed by atoms with Gasteiger partial charge in [-0.2, -0.15) is 0 Å². The predicted molar refractivity (Wildman–Crippen MR) is 84.8 cm³/mol. The summed E-state index contributed by atoms with van der Waals surface area (Å²) < 4.78 is 13.5. The van der Waals surface area contributed by atoms with E-state index in [1.54, 1.807) is 18.2 Å². The zero-order valence-electron chi connectivity index (χ0n) is 10.8. The number of hydrogen-bond donors (Lipinski definition) is 3. The van der Waals surface area contributed by atoms with Gasteiger partial charge in [0.15, 0.2) is 0 Å². The minimum Gasteiger partial charge on any atom is -0.399 e. The van der Waals surface area contributed by atoms with Crippen LogP contribution in [0.5, 0.6) is 0 Å². The van der Waals surface area contributed by atoms with Crippen molar-refractivity contribution in [2.45, 2.75) is 0 Å². The Morgan fingerprint density at radius 2 is 2.00 bits per heavy atom. The summed E-state index contributed by atoms with van der Waals surface area (Å²) in [4.78, 5) is 15.2.